The van der Waals surface area contributed by atoms with Gasteiger partial charge in [-0.3, -0.25) is 9.67 Å². The third-order valence-electron chi connectivity index (χ3n) is 2.19. The summed E-state index contributed by atoms with van der Waals surface area (Å²) in [6.07, 6.45) is 3.87. The van der Waals surface area contributed by atoms with Crippen LogP contribution in [0.25, 0.3) is 11.3 Å². The molecule has 0 saturated heterocycles. The van der Waals surface area contributed by atoms with Crippen LogP contribution in [0, 0.1) is 11.3 Å². The molecule has 2 heterocycles. The molecule has 0 spiro atoms. The smallest absolute Gasteiger partial charge is 0.0941 e. The zero-order valence-electron chi connectivity index (χ0n) is 8.38. The van der Waals surface area contributed by atoms with Gasteiger partial charge in [-0.2, -0.15) is 10.4 Å². The van der Waals surface area contributed by atoms with E-state index in [0.29, 0.717) is 6.42 Å². The number of aromatic nitrogens is 3. The van der Waals surface area contributed by atoms with E-state index in [1.807, 2.05) is 25.2 Å². The Morgan fingerprint density at radius 3 is 3.07 bits per heavy atom. The summed E-state index contributed by atoms with van der Waals surface area (Å²) < 4.78 is 1.73. The summed E-state index contributed by atoms with van der Waals surface area (Å²) in [5, 5.41) is 12.9. The summed E-state index contributed by atoms with van der Waals surface area (Å²) in [7, 11) is 1.84. The van der Waals surface area contributed by atoms with Crippen molar-refractivity contribution >= 4 is 0 Å². The van der Waals surface area contributed by atoms with Gasteiger partial charge in [0, 0.05) is 25.0 Å². The molecule has 0 aromatic carbocycles. The number of hydrogen-bond acceptors (Lipinski definition) is 3. The van der Waals surface area contributed by atoms with Gasteiger partial charge in [0.15, 0.2) is 0 Å². The molecule has 4 heteroatoms. The van der Waals surface area contributed by atoms with E-state index in [9.17, 15) is 0 Å². The molecule has 2 aromatic rings. The first-order valence-electron chi connectivity index (χ1n) is 4.61. The lowest BCUT2D eigenvalue weighted by Gasteiger charge is -1.93. The molecule has 0 aliphatic carbocycles. The first-order valence-corrected chi connectivity index (χ1v) is 4.61. The average Bonchev–Trinajstić information content (AvgIpc) is 2.63. The minimum Gasteiger partial charge on any atom is -0.271 e. The Hall–Kier alpha value is -2.15. The predicted octanol–water partition coefficient (Wildman–Crippen LogP) is 1.55. The Morgan fingerprint density at radius 1 is 1.53 bits per heavy atom. The standard InChI is InChI=1S/C11H10N4/c1-15-10(4-5-12)7-11(14-15)9-3-2-6-13-8-9/h2-3,6-8H,4H2,1H3. The summed E-state index contributed by atoms with van der Waals surface area (Å²) in [5.41, 5.74) is 2.74. The monoisotopic (exact) mass is 198 g/mol. The molecule has 0 saturated carbocycles. The van der Waals surface area contributed by atoms with Crippen LogP contribution < -0.4 is 0 Å². The maximum absolute atomic E-state index is 8.62. The fourth-order valence-corrected chi connectivity index (χ4v) is 1.41. The van der Waals surface area contributed by atoms with Crippen LogP contribution in [0.1, 0.15) is 5.69 Å². The van der Waals surface area contributed by atoms with Gasteiger partial charge in [0.05, 0.1) is 23.9 Å². The second-order valence-electron chi connectivity index (χ2n) is 3.22. The number of nitriles is 1. The number of aryl methyl sites for hydroxylation is 1. The zero-order chi connectivity index (χ0) is 10.7. The quantitative estimate of drug-likeness (QED) is 0.735. The molecule has 0 aliphatic heterocycles. The molecule has 74 valence electrons. The molecule has 15 heavy (non-hydrogen) atoms. The molecule has 0 N–H and O–H groups in total. The van der Waals surface area contributed by atoms with Gasteiger partial charge in [0.25, 0.3) is 0 Å². The minimum atomic E-state index is 0.379. The molecular formula is C11H10N4. The van der Waals surface area contributed by atoms with Crippen molar-refractivity contribution in [2.75, 3.05) is 0 Å². The maximum Gasteiger partial charge on any atom is 0.0941 e. The van der Waals surface area contributed by atoms with Crippen LogP contribution in [-0.2, 0) is 13.5 Å². The third-order valence-corrected chi connectivity index (χ3v) is 2.19. The molecular weight excluding hydrogens is 188 g/mol. The first kappa shape index (κ1) is 9.41. The van der Waals surface area contributed by atoms with Crippen molar-refractivity contribution in [3.63, 3.8) is 0 Å². The van der Waals surface area contributed by atoms with E-state index in [1.165, 1.54) is 0 Å². The first-order chi connectivity index (χ1) is 7.31. The number of pyridine rings is 1. The van der Waals surface area contributed by atoms with Crippen LogP contribution >= 0.6 is 0 Å². The van der Waals surface area contributed by atoms with Gasteiger partial charge in [0.1, 0.15) is 0 Å². The van der Waals surface area contributed by atoms with E-state index < -0.39 is 0 Å². The largest absolute Gasteiger partial charge is 0.271 e. The van der Waals surface area contributed by atoms with Crippen LogP contribution in [0.3, 0.4) is 0 Å². The summed E-state index contributed by atoms with van der Waals surface area (Å²) in [6.45, 7) is 0. The van der Waals surface area contributed by atoms with Crippen LogP contribution in [-0.4, -0.2) is 14.8 Å². The highest BCUT2D eigenvalue weighted by atomic mass is 15.3. The van der Waals surface area contributed by atoms with Crippen LogP contribution in [0.15, 0.2) is 30.6 Å². The normalized spacial score (nSPS) is 9.87. The lowest BCUT2D eigenvalue weighted by atomic mass is 10.2. The Balaban J connectivity index is 2.40. The molecule has 0 aliphatic rings. The average molecular weight is 198 g/mol. The molecule has 2 aromatic heterocycles. The molecule has 0 amide bonds. The number of nitrogens with zero attached hydrogens (tertiary/aromatic N) is 4. The van der Waals surface area contributed by atoms with Crippen molar-refractivity contribution < 1.29 is 0 Å². The minimum absolute atomic E-state index is 0.379. The van der Waals surface area contributed by atoms with Gasteiger partial charge < -0.3 is 0 Å². The summed E-state index contributed by atoms with van der Waals surface area (Å²) in [6, 6.07) is 7.85. The van der Waals surface area contributed by atoms with Crippen LogP contribution in [0.5, 0.6) is 0 Å². The fraction of sp³-hybridized carbons (Fsp3) is 0.182. The maximum atomic E-state index is 8.62. The van der Waals surface area contributed by atoms with E-state index >= 15 is 0 Å². The second-order valence-corrected chi connectivity index (χ2v) is 3.22. The lowest BCUT2D eigenvalue weighted by molar-refractivity contribution is 0.731. The van der Waals surface area contributed by atoms with E-state index in [1.54, 1.807) is 17.1 Å². The van der Waals surface area contributed by atoms with Crippen molar-refractivity contribution in [1.82, 2.24) is 14.8 Å². The lowest BCUT2D eigenvalue weighted by Crippen LogP contribution is -1.96. The third kappa shape index (κ3) is 1.86. The van der Waals surface area contributed by atoms with Gasteiger partial charge in [-0.05, 0) is 18.2 Å². The van der Waals surface area contributed by atoms with Crippen molar-refractivity contribution in [3.8, 4) is 17.3 Å². The van der Waals surface area contributed by atoms with Crippen molar-refractivity contribution in [3.05, 3.63) is 36.3 Å². The molecule has 0 radical (unpaired) electrons. The Labute approximate surface area is 87.8 Å². The molecule has 0 fully saturated rings. The highest BCUT2D eigenvalue weighted by molar-refractivity contribution is 5.57. The Bertz CT molecular complexity index is 493. The highest BCUT2D eigenvalue weighted by Crippen LogP contribution is 2.17. The SMILES string of the molecule is Cn1nc(-c2cccnc2)cc1CC#N. The van der Waals surface area contributed by atoms with E-state index in [-0.39, 0.29) is 0 Å². The van der Waals surface area contributed by atoms with Crippen molar-refractivity contribution in [2.24, 2.45) is 7.05 Å². The van der Waals surface area contributed by atoms with Crippen molar-refractivity contribution in [1.29, 1.82) is 5.26 Å². The summed E-state index contributed by atoms with van der Waals surface area (Å²) >= 11 is 0. The van der Waals surface area contributed by atoms with E-state index in [4.69, 9.17) is 5.26 Å². The Morgan fingerprint density at radius 2 is 2.40 bits per heavy atom. The Kier molecular flexibility index (Phi) is 2.46. The molecule has 0 bridgehead atoms. The van der Waals surface area contributed by atoms with Crippen LogP contribution in [0.2, 0.25) is 0 Å². The van der Waals surface area contributed by atoms with E-state index in [0.717, 1.165) is 17.0 Å². The molecule has 2 rings (SSSR count). The van der Waals surface area contributed by atoms with E-state index in [2.05, 4.69) is 16.2 Å². The molecule has 4 nitrogen and oxygen atoms in total. The summed E-state index contributed by atoms with van der Waals surface area (Å²) in [5.74, 6) is 0. The van der Waals surface area contributed by atoms with Gasteiger partial charge >= 0.3 is 0 Å². The molecule has 0 unspecified atom stereocenters. The molecule has 0 atom stereocenters. The van der Waals surface area contributed by atoms with Crippen LogP contribution in [0.4, 0.5) is 0 Å². The van der Waals surface area contributed by atoms with Gasteiger partial charge in [-0.15, -0.1) is 0 Å². The zero-order valence-corrected chi connectivity index (χ0v) is 8.38. The topological polar surface area (TPSA) is 54.5 Å². The number of rotatable bonds is 2. The predicted molar refractivity (Wildman–Crippen MR) is 55.8 cm³/mol. The summed E-state index contributed by atoms with van der Waals surface area (Å²) in [4.78, 5) is 4.03. The van der Waals surface area contributed by atoms with Gasteiger partial charge in [0.2, 0.25) is 0 Å². The fourth-order valence-electron chi connectivity index (χ4n) is 1.41. The van der Waals surface area contributed by atoms with Gasteiger partial charge in [-0.25, -0.2) is 0 Å². The van der Waals surface area contributed by atoms with Crippen molar-refractivity contribution in [2.45, 2.75) is 6.42 Å². The van der Waals surface area contributed by atoms with Gasteiger partial charge in [-0.1, -0.05) is 0 Å². The second kappa shape index (κ2) is 3.93. The highest BCUT2D eigenvalue weighted by Gasteiger charge is 2.06. The number of hydrogen-bond donors (Lipinski definition) is 0.